The summed E-state index contributed by atoms with van der Waals surface area (Å²) in [5, 5.41) is 9.43. The van der Waals surface area contributed by atoms with Crippen LogP contribution in [0.4, 0.5) is 0 Å². The summed E-state index contributed by atoms with van der Waals surface area (Å²) in [5.74, 6) is 0.799. The summed E-state index contributed by atoms with van der Waals surface area (Å²) in [6.45, 7) is 15.6. The highest BCUT2D eigenvalue weighted by atomic mass is 16.5. The first-order valence-corrected chi connectivity index (χ1v) is 10.7. The lowest BCUT2D eigenvalue weighted by Crippen LogP contribution is -2.14. The van der Waals surface area contributed by atoms with Crippen molar-refractivity contribution in [2.24, 2.45) is 0 Å². The van der Waals surface area contributed by atoms with Crippen LogP contribution in [0.2, 0.25) is 0 Å². The average Bonchev–Trinajstić information content (AvgIpc) is 2.70. The van der Waals surface area contributed by atoms with Gasteiger partial charge in [-0.05, 0) is 81.8 Å². The van der Waals surface area contributed by atoms with E-state index in [4.69, 9.17) is 4.74 Å². The van der Waals surface area contributed by atoms with Crippen LogP contribution in [-0.4, -0.2) is 11.6 Å². The number of nitriles is 1. The van der Waals surface area contributed by atoms with Gasteiger partial charge in [-0.3, -0.25) is 0 Å². The minimum atomic E-state index is 0.0771. The third kappa shape index (κ3) is 4.88. The molecule has 0 spiro atoms. The van der Waals surface area contributed by atoms with Gasteiger partial charge < -0.3 is 4.74 Å². The third-order valence-corrected chi connectivity index (χ3v) is 5.65. The summed E-state index contributed by atoms with van der Waals surface area (Å²) in [7, 11) is 0. The number of nitrogens with zero attached hydrogens (tertiary/aromatic N) is 2. The Labute approximate surface area is 176 Å². The van der Waals surface area contributed by atoms with Crippen molar-refractivity contribution in [3.63, 3.8) is 0 Å². The fraction of sp³-hybridized carbons (Fsp3) is 0.462. The van der Waals surface area contributed by atoms with Crippen molar-refractivity contribution in [2.45, 2.75) is 73.6 Å². The second-order valence-corrected chi connectivity index (χ2v) is 7.81. The van der Waals surface area contributed by atoms with Crippen molar-refractivity contribution in [1.29, 1.82) is 5.26 Å². The maximum Gasteiger partial charge on any atom is 0.217 e. The molecule has 29 heavy (non-hydrogen) atoms. The van der Waals surface area contributed by atoms with Gasteiger partial charge in [-0.1, -0.05) is 37.5 Å². The van der Waals surface area contributed by atoms with E-state index in [1.54, 1.807) is 0 Å². The quantitative estimate of drug-likeness (QED) is 0.466. The fourth-order valence-electron chi connectivity index (χ4n) is 4.09. The van der Waals surface area contributed by atoms with E-state index < -0.39 is 0 Å². The molecule has 2 aromatic rings. The fourth-order valence-corrected chi connectivity index (χ4v) is 4.09. The number of ether oxygens (including phenoxy) is 1. The Morgan fingerprint density at radius 3 is 2.45 bits per heavy atom. The topological polar surface area (TPSA) is 45.9 Å². The Morgan fingerprint density at radius 2 is 1.90 bits per heavy atom. The van der Waals surface area contributed by atoms with Crippen LogP contribution in [0.25, 0.3) is 0 Å². The number of hydrogen-bond acceptors (Lipinski definition) is 3. The Hall–Kier alpha value is -2.60. The molecule has 0 N–H and O–H groups in total. The van der Waals surface area contributed by atoms with Gasteiger partial charge in [0.05, 0.1) is 18.2 Å². The Balaban J connectivity index is 2.91. The molecule has 154 valence electrons. The van der Waals surface area contributed by atoms with Crippen molar-refractivity contribution >= 4 is 0 Å². The second-order valence-electron chi connectivity index (χ2n) is 7.81. The average molecular weight is 391 g/mol. The summed E-state index contributed by atoms with van der Waals surface area (Å²) < 4.78 is 6.01. The number of hydrogen-bond donors (Lipinski definition) is 0. The van der Waals surface area contributed by atoms with Crippen LogP contribution in [0.15, 0.2) is 35.5 Å². The normalized spacial score (nSPS) is 11.7. The van der Waals surface area contributed by atoms with Crippen LogP contribution < -0.4 is 4.74 Å². The van der Waals surface area contributed by atoms with Crippen molar-refractivity contribution in [3.05, 3.63) is 68.9 Å². The summed E-state index contributed by atoms with van der Waals surface area (Å²) in [6, 6.07) is 8.45. The summed E-state index contributed by atoms with van der Waals surface area (Å²) >= 11 is 0. The van der Waals surface area contributed by atoms with Gasteiger partial charge in [-0.25, -0.2) is 4.98 Å². The van der Waals surface area contributed by atoms with E-state index >= 15 is 0 Å². The summed E-state index contributed by atoms with van der Waals surface area (Å²) in [5.41, 5.74) is 9.50. The minimum absolute atomic E-state index is 0.0771. The summed E-state index contributed by atoms with van der Waals surface area (Å²) in [6.07, 6.45) is 4.84. The van der Waals surface area contributed by atoms with Crippen molar-refractivity contribution in [3.8, 4) is 11.9 Å². The first-order valence-electron chi connectivity index (χ1n) is 10.7. The van der Waals surface area contributed by atoms with Crippen LogP contribution in [0.1, 0.15) is 86.8 Å². The number of aryl methyl sites for hydroxylation is 2. The minimum Gasteiger partial charge on any atom is -0.478 e. The Morgan fingerprint density at radius 1 is 1.17 bits per heavy atom. The Kier molecular flexibility index (Phi) is 8.02. The molecule has 1 aromatic heterocycles. The molecule has 0 aliphatic heterocycles. The predicted octanol–water partition coefficient (Wildman–Crippen LogP) is 6.80. The largest absolute Gasteiger partial charge is 0.478 e. The van der Waals surface area contributed by atoms with E-state index in [-0.39, 0.29) is 5.92 Å². The van der Waals surface area contributed by atoms with Crippen LogP contribution >= 0.6 is 0 Å². The highest BCUT2D eigenvalue weighted by Gasteiger charge is 2.28. The highest BCUT2D eigenvalue weighted by Crippen LogP contribution is 2.43. The van der Waals surface area contributed by atoms with E-state index in [9.17, 15) is 5.26 Å². The molecule has 1 heterocycles. The Bertz CT molecular complexity index is 930. The molecule has 0 bridgehead atoms. The second kappa shape index (κ2) is 10.3. The molecule has 0 amide bonds. The van der Waals surface area contributed by atoms with Crippen LogP contribution in [0, 0.1) is 25.2 Å². The highest BCUT2D eigenvalue weighted by molar-refractivity contribution is 5.54. The van der Waals surface area contributed by atoms with Gasteiger partial charge in [0.1, 0.15) is 0 Å². The lowest BCUT2D eigenvalue weighted by atomic mass is 9.77. The third-order valence-electron chi connectivity index (χ3n) is 5.65. The lowest BCUT2D eigenvalue weighted by Gasteiger charge is -2.28. The zero-order valence-electron chi connectivity index (χ0n) is 19.0. The monoisotopic (exact) mass is 390 g/mol. The molecule has 3 heteroatoms. The number of pyridine rings is 1. The molecule has 0 saturated heterocycles. The van der Waals surface area contributed by atoms with Gasteiger partial charge >= 0.3 is 0 Å². The zero-order chi connectivity index (χ0) is 21.6. The molecule has 1 aromatic carbocycles. The maximum absolute atomic E-state index is 9.43. The number of allylic oxidation sites excluding steroid dienone is 2. The van der Waals surface area contributed by atoms with Gasteiger partial charge in [0.25, 0.3) is 0 Å². The number of rotatable bonds is 8. The van der Waals surface area contributed by atoms with Gasteiger partial charge in [0.2, 0.25) is 5.88 Å². The molecular weight excluding hydrogens is 356 g/mol. The SMILES string of the molecule is CCCc1cc(C#N)ccc1C(C(CC)=C(C)C)c1c(OCC)ncc(C)c1C. The zero-order valence-corrected chi connectivity index (χ0v) is 19.0. The molecule has 0 radical (unpaired) electrons. The van der Waals surface area contributed by atoms with Crippen molar-refractivity contribution in [1.82, 2.24) is 4.98 Å². The smallest absolute Gasteiger partial charge is 0.217 e. The van der Waals surface area contributed by atoms with E-state index in [0.717, 1.165) is 36.3 Å². The molecule has 2 rings (SSSR count). The van der Waals surface area contributed by atoms with Crippen LogP contribution in [-0.2, 0) is 6.42 Å². The molecule has 0 saturated carbocycles. The molecular formula is C26H34N2O. The summed E-state index contributed by atoms with van der Waals surface area (Å²) in [4.78, 5) is 4.66. The molecule has 0 fully saturated rings. The molecule has 3 nitrogen and oxygen atoms in total. The number of benzene rings is 1. The van der Waals surface area contributed by atoms with Crippen LogP contribution in [0.3, 0.4) is 0 Å². The van der Waals surface area contributed by atoms with Crippen LogP contribution in [0.5, 0.6) is 5.88 Å². The number of aromatic nitrogens is 1. The van der Waals surface area contributed by atoms with E-state index in [1.807, 2.05) is 19.2 Å². The molecule has 1 atom stereocenters. The van der Waals surface area contributed by atoms with E-state index in [0.29, 0.717) is 6.61 Å². The lowest BCUT2D eigenvalue weighted by molar-refractivity contribution is 0.321. The molecule has 0 aliphatic rings. The van der Waals surface area contributed by atoms with E-state index in [1.165, 1.54) is 33.4 Å². The van der Waals surface area contributed by atoms with Crippen molar-refractivity contribution in [2.75, 3.05) is 6.61 Å². The molecule has 1 unspecified atom stereocenters. The van der Waals surface area contributed by atoms with Gasteiger partial charge in [-0.15, -0.1) is 0 Å². The maximum atomic E-state index is 9.43. The standard InChI is InChI=1S/C26H34N2O/c1-8-11-21-14-20(15-27)12-13-23(21)25(22(9-2)17(4)5)24-19(7)18(6)16-28-26(24)29-10-3/h12-14,16,25H,8-11H2,1-7H3. The first-order chi connectivity index (χ1) is 13.9. The van der Waals surface area contributed by atoms with Gasteiger partial charge in [0.15, 0.2) is 0 Å². The van der Waals surface area contributed by atoms with Gasteiger partial charge in [-0.2, -0.15) is 5.26 Å². The van der Waals surface area contributed by atoms with E-state index in [2.05, 4.69) is 64.7 Å². The predicted molar refractivity (Wildman–Crippen MR) is 121 cm³/mol. The van der Waals surface area contributed by atoms with Gasteiger partial charge in [0, 0.05) is 17.7 Å². The molecule has 0 aliphatic carbocycles. The first kappa shape index (κ1) is 22.7. The van der Waals surface area contributed by atoms with Crippen molar-refractivity contribution < 1.29 is 4.74 Å².